The van der Waals surface area contributed by atoms with Crippen molar-refractivity contribution in [2.75, 3.05) is 0 Å². The summed E-state index contributed by atoms with van der Waals surface area (Å²) in [6.07, 6.45) is 1.65. The Balaban J connectivity index is 1.81. The lowest BCUT2D eigenvalue weighted by Crippen LogP contribution is -1.99. The standard InChI is InChI=1S/C26H16N2O2/c29-15-23-19(17-7-3-1-4-8-17)11-13-21-22-14-12-20(18-9-5-2-6-10-18)24(16-30)26(22)28-27-25(21)23/h1-16H. The van der Waals surface area contributed by atoms with E-state index in [-0.39, 0.29) is 0 Å². The summed E-state index contributed by atoms with van der Waals surface area (Å²) in [5.74, 6) is 0. The summed E-state index contributed by atoms with van der Waals surface area (Å²) in [5, 5.41) is 10.3. The molecule has 0 aliphatic carbocycles. The first kappa shape index (κ1) is 17.9. The van der Waals surface area contributed by atoms with Gasteiger partial charge in [0.2, 0.25) is 0 Å². The third-order valence-corrected chi connectivity index (χ3v) is 5.38. The zero-order valence-corrected chi connectivity index (χ0v) is 15.9. The minimum Gasteiger partial charge on any atom is -0.298 e. The Morgan fingerprint density at radius 1 is 0.500 bits per heavy atom. The molecule has 5 aromatic rings. The summed E-state index contributed by atoms with van der Waals surface area (Å²) in [4.78, 5) is 24.0. The van der Waals surface area contributed by atoms with E-state index in [1.165, 1.54) is 0 Å². The van der Waals surface area contributed by atoms with Crippen LogP contribution in [0.1, 0.15) is 20.7 Å². The van der Waals surface area contributed by atoms with Crippen molar-refractivity contribution in [1.29, 1.82) is 0 Å². The smallest absolute Gasteiger partial charge is 0.152 e. The van der Waals surface area contributed by atoms with Crippen molar-refractivity contribution in [1.82, 2.24) is 10.2 Å². The highest BCUT2D eigenvalue weighted by Crippen LogP contribution is 2.34. The first-order valence-corrected chi connectivity index (χ1v) is 9.59. The zero-order valence-electron chi connectivity index (χ0n) is 15.9. The summed E-state index contributed by atoms with van der Waals surface area (Å²) in [5.41, 5.74) is 5.55. The van der Waals surface area contributed by atoms with Gasteiger partial charge in [-0.05, 0) is 22.3 Å². The predicted molar refractivity (Wildman–Crippen MR) is 119 cm³/mol. The van der Waals surface area contributed by atoms with Crippen LogP contribution in [0, 0.1) is 0 Å². The van der Waals surface area contributed by atoms with Crippen LogP contribution in [0.2, 0.25) is 0 Å². The second kappa shape index (κ2) is 7.33. The highest BCUT2D eigenvalue weighted by atomic mass is 16.1. The first-order valence-electron chi connectivity index (χ1n) is 9.59. The van der Waals surface area contributed by atoms with Crippen LogP contribution in [0.25, 0.3) is 44.1 Å². The lowest BCUT2D eigenvalue weighted by molar-refractivity contribution is 0.111. The maximum atomic E-state index is 12.0. The predicted octanol–water partition coefficient (Wildman–Crippen LogP) is 5.74. The van der Waals surface area contributed by atoms with Crippen LogP contribution >= 0.6 is 0 Å². The van der Waals surface area contributed by atoms with Crippen molar-refractivity contribution < 1.29 is 9.59 Å². The number of benzene rings is 4. The largest absolute Gasteiger partial charge is 0.298 e. The molecule has 0 aliphatic heterocycles. The van der Waals surface area contributed by atoms with Crippen LogP contribution in [0.4, 0.5) is 0 Å². The number of aromatic nitrogens is 2. The summed E-state index contributed by atoms with van der Waals surface area (Å²) >= 11 is 0. The second-order valence-electron chi connectivity index (χ2n) is 7.01. The SMILES string of the molecule is O=Cc1c(-c2ccccc2)ccc2c1nnc1c(C=O)c(-c3ccccc3)ccc12. The number of aldehydes is 2. The summed E-state index contributed by atoms with van der Waals surface area (Å²) in [6, 6.07) is 27.2. The Kier molecular flexibility index (Phi) is 4.37. The number of hydrogen-bond acceptors (Lipinski definition) is 4. The van der Waals surface area contributed by atoms with Gasteiger partial charge in [0, 0.05) is 10.8 Å². The number of carbonyl (C=O) groups excluding carboxylic acids is 2. The van der Waals surface area contributed by atoms with Gasteiger partial charge in [-0.1, -0.05) is 84.9 Å². The topological polar surface area (TPSA) is 59.9 Å². The summed E-state index contributed by atoms with van der Waals surface area (Å²) in [7, 11) is 0. The minimum atomic E-state index is 0.493. The number of fused-ring (bicyclic) bond motifs is 3. The van der Waals surface area contributed by atoms with Gasteiger partial charge >= 0.3 is 0 Å². The van der Waals surface area contributed by atoms with Crippen LogP contribution in [-0.4, -0.2) is 22.8 Å². The molecular formula is C26H16N2O2. The van der Waals surface area contributed by atoms with Crippen molar-refractivity contribution in [2.45, 2.75) is 0 Å². The molecule has 0 N–H and O–H groups in total. The third kappa shape index (κ3) is 2.78. The summed E-state index contributed by atoms with van der Waals surface area (Å²) < 4.78 is 0. The highest BCUT2D eigenvalue weighted by Gasteiger charge is 2.16. The third-order valence-electron chi connectivity index (χ3n) is 5.38. The molecule has 4 aromatic carbocycles. The molecule has 4 heteroatoms. The van der Waals surface area contributed by atoms with Crippen molar-refractivity contribution in [3.8, 4) is 22.3 Å². The van der Waals surface area contributed by atoms with Crippen LogP contribution < -0.4 is 0 Å². The van der Waals surface area contributed by atoms with Gasteiger partial charge in [0.1, 0.15) is 11.0 Å². The van der Waals surface area contributed by atoms with E-state index in [1.54, 1.807) is 0 Å². The van der Waals surface area contributed by atoms with Crippen LogP contribution in [-0.2, 0) is 0 Å². The fraction of sp³-hybridized carbons (Fsp3) is 0. The molecule has 0 unspecified atom stereocenters. The van der Waals surface area contributed by atoms with Crippen LogP contribution in [0.15, 0.2) is 84.9 Å². The monoisotopic (exact) mass is 388 g/mol. The molecule has 142 valence electrons. The summed E-state index contributed by atoms with van der Waals surface area (Å²) in [6.45, 7) is 0. The molecule has 0 amide bonds. The molecule has 1 aromatic heterocycles. The van der Waals surface area contributed by atoms with E-state index in [0.29, 0.717) is 22.2 Å². The average molecular weight is 388 g/mol. The Labute approximate surface area is 172 Å². The van der Waals surface area contributed by atoms with Gasteiger partial charge < -0.3 is 0 Å². The lowest BCUT2D eigenvalue weighted by atomic mass is 9.93. The fourth-order valence-corrected chi connectivity index (χ4v) is 3.94. The fourth-order valence-electron chi connectivity index (χ4n) is 3.94. The zero-order chi connectivity index (χ0) is 20.5. The van der Waals surface area contributed by atoms with Crippen molar-refractivity contribution in [2.24, 2.45) is 0 Å². The molecule has 0 atom stereocenters. The Hall–Kier alpha value is -4.18. The Morgan fingerprint density at radius 3 is 1.27 bits per heavy atom. The molecule has 1 heterocycles. The molecule has 30 heavy (non-hydrogen) atoms. The van der Waals surface area contributed by atoms with E-state index in [1.807, 2.05) is 84.9 Å². The number of rotatable bonds is 4. The van der Waals surface area contributed by atoms with Crippen molar-refractivity contribution in [3.05, 3.63) is 96.1 Å². The average Bonchev–Trinajstić information content (AvgIpc) is 2.83. The lowest BCUT2D eigenvalue weighted by Gasteiger charge is -2.12. The van der Waals surface area contributed by atoms with E-state index < -0.39 is 0 Å². The molecule has 0 spiro atoms. The highest BCUT2D eigenvalue weighted by molar-refractivity contribution is 6.15. The van der Waals surface area contributed by atoms with E-state index >= 15 is 0 Å². The molecule has 0 saturated heterocycles. The van der Waals surface area contributed by atoms with E-state index in [9.17, 15) is 9.59 Å². The first-order chi connectivity index (χ1) is 14.8. The van der Waals surface area contributed by atoms with Gasteiger partial charge in [-0.25, -0.2) is 0 Å². The molecule has 5 rings (SSSR count). The number of nitrogens with zero attached hydrogens (tertiary/aromatic N) is 2. The Morgan fingerprint density at radius 2 is 0.900 bits per heavy atom. The molecule has 4 nitrogen and oxygen atoms in total. The van der Waals surface area contributed by atoms with Gasteiger partial charge in [0.25, 0.3) is 0 Å². The molecule has 0 bridgehead atoms. The van der Waals surface area contributed by atoms with Gasteiger partial charge in [-0.15, -0.1) is 10.2 Å². The molecule has 0 saturated carbocycles. The maximum Gasteiger partial charge on any atom is 0.152 e. The van der Waals surface area contributed by atoms with Crippen molar-refractivity contribution >= 4 is 34.4 Å². The second-order valence-corrected chi connectivity index (χ2v) is 7.01. The molecule has 0 aliphatic rings. The van der Waals surface area contributed by atoms with E-state index in [4.69, 9.17) is 0 Å². The molecule has 0 fully saturated rings. The van der Waals surface area contributed by atoms with Crippen LogP contribution in [0.5, 0.6) is 0 Å². The molecule has 0 radical (unpaired) electrons. The quantitative estimate of drug-likeness (QED) is 0.291. The Bertz CT molecular complexity index is 1300. The van der Waals surface area contributed by atoms with E-state index in [0.717, 1.165) is 45.6 Å². The normalized spacial score (nSPS) is 10.9. The number of carbonyl (C=O) groups is 2. The van der Waals surface area contributed by atoms with Crippen LogP contribution in [0.3, 0.4) is 0 Å². The van der Waals surface area contributed by atoms with Gasteiger partial charge in [-0.2, -0.15) is 0 Å². The van der Waals surface area contributed by atoms with Gasteiger partial charge in [-0.3, -0.25) is 9.59 Å². The minimum absolute atomic E-state index is 0.493. The maximum absolute atomic E-state index is 12.0. The van der Waals surface area contributed by atoms with Crippen molar-refractivity contribution in [3.63, 3.8) is 0 Å². The van der Waals surface area contributed by atoms with Gasteiger partial charge in [0.15, 0.2) is 12.6 Å². The number of hydrogen-bond donors (Lipinski definition) is 0. The van der Waals surface area contributed by atoms with Gasteiger partial charge in [0.05, 0.1) is 11.1 Å². The van der Waals surface area contributed by atoms with E-state index in [2.05, 4.69) is 10.2 Å². The molecular weight excluding hydrogens is 372 g/mol.